The molecule has 0 bridgehead atoms. The maximum atomic E-state index is 12.1. The van der Waals surface area contributed by atoms with E-state index in [0.717, 1.165) is 24.9 Å². The number of rotatable bonds is 8. The summed E-state index contributed by atoms with van der Waals surface area (Å²) in [6.07, 6.45) is -1.47. The highest BCUT2D eigenvalue weighted by atomic mass is 19.4. The van der Waals surface area contributed by atoms with Crippen molar-refractivity contribution < 1.29 is 17.9 Å². The van der Waals surface area contributed by atoms with Gasteiger partial charge < -0.3 is 10.1 Å². The number of aromatic nitrogens is 2. The molecule has 0 saturated carbocycles. The van der Waals surface area contributed by atoms with Gasteiger partial charge in [-0.3, -0.25) is 0 Å². The standard InChI is InChI=1S/C13H20F3N3O/c1-3-5-10-11(17-7-4-2)18-9-19-12(10)20-8-6-13(14,15)16/h9H,3-8H2,1-2H3,(H,17,18,19). The molecule has 1 aromatic heterocycles. The maximum absolute atomic E-state index is 12.1. The van der Waals surface area contributed by atoms with Crippen molar-refractivity contribution >= 4 is 5.82 Å². The van der Waals surface area contributed by atoms with Gasteiger partial charge in [0.15, 0.2) is 0 Å². The van der Waals surface area contributed by atoms with Gasteiger partial charge in [-0.1, -0.05) is 20.3 Å². The van der Waals surface area contributed by atoms with Gasteiger partial charge in [0.05, 0.1) is 18.6 Å². The number of anilines is 1. The number of nitrogens with one attached hydrogen (secondary N) is 1. The van der Waals surface area contributed by atoms with Crippen LogP contribution in [0.3, 0.4) is 0 Å². The van der Waals surface area contributed by atoms with Crippen molar-refractivity contribution in [2.45, 2.75) is 45.7 Å². The fourth-order valence-corrected chi connectivity index (χ4v) is 1.66. The van der Waals surface area contributed by atoms with E-state index >= 15 is 0 Å². The molecule has 0 radical (unpaired) electrons. The van der Waals surface area contributed by atoms with E-state index in [4.69, 9.17) is 4.74 Å². The Bertz CT molecular complexity index is 410. The summed E-state index contributed by atoms with van der Waals surface area (Å²) in [5.74, 6) is 0.885. The monoisotopic (exact) mass is 291 g/mol. The average Bonchev–Trinajstić information content (AvgIpc) is 2.37. The number of alkyl halides is 3. The zero-order chi connectivity index (χ0) is 15.0. The molecule has 0 aliphatic carbocycles. The van der Waals surface area contributed by atoms with Crippen LogP contribution in [0.1, 0.15) is 38.7 Å². The van der Waals surface area contributed by atoms with Gasteiger partial charge in [-0.2, -0.15) is 13.2 Å². The van der Waals surface area contributed by atoms with E-state index in [9.17, 15) is 13.2 Å². The van der Waals surface area contributed by atoms with Crippen molar-refractivity contribution in [2.24, 2.45) is 0 Å². The minimum atomic E-state index is -4.22. The molecule has 4 nitrogen and oxygen atoms in total. The largest absolute Gasteiger partial charge is 0.477 e. The first kappa shape index (κ1) is 16.5. The van der Waals surface area contributed by atoms with Crippen molar-refractivity contribution in [3.05, 3.63) is 11.9 Å². The molecule has 0 saturated heterocycles. The third-order valence-corrected chi connectivity index (χ3v) is 2.57. The molecule has 0 aliphatic heterocycles. The van der Waals surface area contributed by atoms with E-state index in [0.29, 0.717) is 12.2 Å². The molecule has 0 aliphatic rings. The van der Waals surface area contributed by atoms with E-state index in [1.807, 2.05) is 13.8 Å². The molecule has 7 heteroatoms. The summed E-state index contributed by atoms with van der Waals surface area (Å²) in [5.41, 5.74) is 0.741. The highest BCUT2D eigenvalue weighted by Crippen LogP contribution is 2.25. The molecule has 0 unspecified atom stereocenters. The van der Waals surface area contributed by atoms with Crippen molar-refractivity contribution in [3.8, 4) is 5.88 Å². The van der Waals surface area contributed by atoms with Crippen LogP contribution in [0.15, 0.2) is 6.33 Å². The van der Waals surface area contributed by atoms with Crippen LogP contribution in [0.4, 0.5) is 19.0 Å². The lowest BCUT2D eigenvalue weighted by Crippen LogP contribution is -2.15. The third kappa shape index (κ3) is 5.63. The van der Waals surface area contributed by atoms with Crippen molar-refractivity contribution in [1.29, 1.82) is 0 Å². The first-order chi connectivity index (χ1) is 9.48. The van der Waals surface area contributed by atoms with Gasteiger partial charge in [0.25, 0.3) is 0 Å². The molecule has 20 heavy (non-hydrogen) atoms. The van der Waals surface area contributed by atoms with E-state index in [-0.39, 0.29) is 5.88 Å². The molecule has 0 spiro atoms. The summed E-state index contributed by atoms with van der Waals surface area (Å²) in [7, 11) is 0. The third-order valence-electron chi connectivity index (χ3n) is 2.57. The van der Waals surface area contributed by atoms with E-state index in [1.165, 1.54) is 6.33 Å². The van der Waals surface area contributed by atoms with Gasteiger partial charge in [0.1, 0.15) is 12.1 Å². The molecule has 0 atom stereocenters. The summed E-state index contributed by atoms with van der Waals surface area (Å²) < 4.78 is 41.6. The van der Waals surface area contributed by atoms with Crippen LogP contribution in [0.2, 0.25) is 0 Å². The van der Waals surface area contributed by atoms with Gasteiger partial charge in [0.2, 0.25) is 5.88 Å². The topological polar surface area (TPSA) is 47.0 Å². The van der Waals surface area contributed by atoms with E-state index in [1.54, 1.807) is 0 Å². The highest BCUT2D eigenvalue weighted by Gasteiger charge is 2.27. The van der Waals surface area contributed by atoms with Crippen LogP contribution in [-0.4, -0.2) is 29.3 Å². The van der Waals surface area contributed by atoms with Crippen molar-refractivity contribution in [3.63, 3.8) is 0 Å². The number of nitrogens with zero attached hydrogens (tertiary/aromatic N) is 2. The summed E-state index contributed by atoms with van der Waals surface area (Å²) in [6, 6.07) is 0. The Hall–Kier alpha value is -1.53. The predicted octanol–water partition coefficient (Wildman–Crippen LogP) is 3.58. The van der Waals surface area contributed by atoms with E-state index in [2.05, 4.69) is 15.3 Å². The Labute approximate surface area is 116 Å². The summed E-state index contributed by atoms with van der Waals surface area (Å²) in [4.78, 5) is 8.07. The van der Waals surface area contributed by atoms with Crippen LogP contribution in [0.25, 0.3) is 0 Å². The lowest BCUT2D eigenvalue weighted by Gasteiger charge is -2.14. The normalized spacial score (nSPS) is 11.4. The number of hydrogen-bond donors (Lipinski definition) is 1. The van der Waals surface area contributed by atoms with Gasteiger partial charge >= 0.3 is 6.18 Å². The Morgan fingerprint density at radius 1 is 1.20 bits per heavy atom. The molecular formula is C13H20F3N3O. The Morgan fingerprint density at radius 2 is 1.95 bits per heavy atom. The number of ether oxygens (including phenoxy) is 1. The van der Waals surface area contributed by atoms with Gasteiger partial charge in [-0.15, -0.1) is 0 Å². The van der Waals surface area contributed by atoms with Crippen LogP contribution < -0.4 is 10.1 Å². The second kappa shape index (κ2) is 7.91. The molecule has 0 fully saturated rings. The molecule has 1 aromatic rings. The number of hydrogen-bond acceptors (Lipinski definition) is 4. The minimum absolute atomic E-state index is 0.240. The van der Waals surface area contributed by atoms with Crippen LogP contribution >= 0.6 is 0 Å². The lowest BCUT2D eigenvalue weighted by molar-refractivity contribution is -0.139. The van der Waals surface area contributed by atoms with Crippen molar-refractivity contribution in [1.82, 2.24) is 9.97 Å². The Morgan fingerprint density at radius 3 is 2.55 bits per heavy atom. The fraction of sp³-hybridized carbons (Fsp3) is 0.692. The molecule has 1 heterocycles. The van der Waals surface area contributed by atoms with Gasteiger partial charge in [-0.05, 0) is 12.8 Å². The summed E-state index contributed by atoms with van der Waals surface area (Å²) in [5, 5.41) is 3.14. The second-order valence-electron chi connectivity index (χ2n) is 4.40. The molecule has 0 amide bonds. The maximum Gasteiger partial charge on any atom is 0.392 e. The molecule has 1 rings (SSSR count). The smallest absolute Gasteiger partial charge is 0.392 e. The fourth-order valence-electron chi connectivity index (χ4n) is 1.66. The molecule has 0 aromatic carbocycles. The highest BCUT2D eigenvalue weighted by molar-refractivity contribution is 5.48. The Balaban J connectivity index is 2.77. The summed E-state index contributed by atoms with van der Waals surface area (Å²) >= 11 is 0. The Kier molecular flexibility index (Phi) is 6.54. The summed E-state index contributed by atoms with van der Waals surface area (Å²) in [6.45, 7) is 4.32. The predicted molar refractivity (Wildman–Crippen MR) is 71.0 cm³/mol. The minimum Gasteiger partial charge on any atom is -0.477 e. The zero-order valence-corrected chi connectivity index (χ0v) is 11.8. The number of halogens is 3. The average molecular weight is 291 g/mol. The quantitative estimate of drug-likeness (QED) is 0.795. The SMILES string of the molecule is CCCNc1ncnc(OCCC(F)(F)F)c1CCC. The van der Waals surface area contributed by atoms with Crippen LogP contribution in [-0.2, 0) is 6.42 Å². The van der Waals surface area contributed by atoms with Crippen molar-refractivity contribution in [2.75, 3.05) is 18.5 Å². The van der Waals surface area contributed by atoms with Crippen LogP contribution in [0, 0.1) is 0 Å². The first-order valence-corrected chi connectivity index (χ1v) is 6.75. The van der Waals surface area contributed by atoms with Crippen LogP contribution in [0.5, 0.6) is 5.88 Å². The molecule has 114 valence electrons. The first-order valence-electron chi connectivity index (χ1n) is 6.75. The van der Waals surface area contributed by atoms with E-state index < -0.39 is 19.2 Å². The lowest BCUT2D eigenvalue weighted by atomic mass is 10.1. The second-order valence-corrected chi connectivity index (χ2v) is 4.40. The van der Waals surface area contributed by atoms with Gasteiger partial charge in [-0.25, -0.2) is 9.97 Å². The molecular weight excluding hydrogens is 271 g/mol. The molecule has 1 N–H and O–H groups in total. The zero-order valence-electron chi connectivity index (χ0n) is 11.8. The van der Waals surface area contributed by atoms with Gasteiger partial charge in [0, 0.05) is 6.54 Å².